The lowest BCUT2D eigenvalue weighted by molar-refractivity contribution is 0.539. The topological polar surface area (TPSA) is 84.0 Å². The van der Waals surface area contributed by atoms with E-state index in [1.165, 1.54) is 5.56 Å². The maximum Gasteiger partial charge on any atom is 0.105 e. The first-order valence-electron chi connectivity index (χ1n) is 4.89. The van der Waals surface area contributed by atoms with Crippen LogP contribution in [0.25, 0.3) is 11.3 Å². The van der Waals surface area contributed by atoms with Gasteiger partial charge in [-0.1, -0.05) is 30.3 Å². The number of imidazole rings is 1. The van der Waals surface area contributed by atoms with E-state index in [4.69, 9.17) is 8.76 Å². The maximum absolute atomic E-state index is 8.78. The summed E-state index contributed by atoms with van der Waals surface area (Å²) in [6.45, 7) is 2.01. The number of nitrogens with two attached hydrogens (primary N) is 1. The Kier molecular flexibility index (Phi) is 5.02. The minimum absolute atomic E-state index is 1.04. The lowest BCUT2D eigenvalue weighted by atomic mass is 10.2. The van der Waals surface area contributed by atoms with Gasteiger partial charge in [0.1, 0.15) is 5.82 Å². The Bertz CT molecular complexity index is 493. The molecule has 0 aliphatic rings. The van der Waals surface area contributed by atoms with E-state index in [1.807, 2.05) is 38.4 Å². The molecular weight excluding hydrogens is 238 g/mol. The molecule has 2 rings (SSSR count). The summed E-state index contributed by atoms with van der Waals surface area (Å²) in [6.07, 6.45) is 1.91. The summed E-state index contributed by atoms with van der Waals surface area (Å²) < 4.78 is 19.6. The Balaban J connectivity index is 0.000000317. The molecule has 0 amide bonds. The number of aromatic nitrogens is 2. The van der Waals surface area contributed by atoms with Crippen LogP contribution in [0.1, 0.15) is 5.82 Å². The van der Waals surface area contributed by atoms with Gasteiger partial charge < -0.3 is 9.12 Å². The molecule has 6 heteroatoms. The number of rotatable bonds is 1. The molecule has 92 valence electrons. The average molecular weight is 252 g/mol. The molecule has 2 N–H and O–H groups in total. The molecule has 1 heterocycles. The molecule has 0 bridgehead atoms. The fourth-order valence-electron chi connectivity index (χ4n) is 1.38. The molecule has 1 aromatic heterocycles. The van der Waals surface area contributed by atoms with Crippen LogP contribution in [0.4, 0.5) is 0 Å². The number of hydrogen-bond acceptors (Lipinski definition) is 3. The van der Waals surface area contributed by atoms with Gasteiger partial charge >= 0.3 is 0 Å². The highest BCUT2D eigenvalue weighted by molar-refractivity contribution is 7.76. The van der Waals surface area contributed by atoms with E-state index in [0.717, 1.165) is 11.5 Å². The molecule has 0 aliphatic carbocycles. The van der Waals surface area contributed by atoms with Crippen molar-refractivity contribution >= 4 is 11.3 Å². The van der Waals surface area contributed by atoms with E-state index in [-0.39, 0.29) is 0 Å². The van der Waals surface area contributed by atoms with Crippen LogP contribution in [0, 0.1) is 6.92 Å². The molecule has 5 nitrogen and oxygen atoms in total. The summed E-state index contributed by atoms with van der Waals surface area (Å²) in [4.78, 5) is 4.26. The summed E-state index contributed by atoms with van der Waals surface area (Å²) >= 11 is -2.36. The molecule has 0 radical (unpaired) electrons. The van der Waals surface area contributed by atoms with Crippen LogP contribution in [0.5, 0.6) is 0 Å². The van der Waals surface area contributed by atoms with Crippen LogP contribution in [0.15, 0.2) is 36.5 Å². The predicted molar refractivity (Wildman–Crippen MR) is 66.5 cm³/mol. The van der Waals surface area contributed by atoms with Crippen molar-refractivity contribution in [2.75, 3.05) is 0 Å². The molecular formula is C11H14N3O2S-. The fourth-order valence-corrected chi connectivity index (χ4v) is 1.38. The molecule has 0 spiro atoms. The van der Waals surface area contributed by atoms with E-state index in [2.05, 4.69) is 26.8 Å². The van der Waals surface area contributed by atoms with Gasteiger partial charge in [-0.3, -0.25) is 9.35 Å². The monoisotopic (exact) mass is 252 g/mol. The van der Waals surface area contributed by atoms with Crippen molar-refractivity contribution < 1.29 is 8.76 Å². The number of aryl methyl sites for hydroxylation is 1. The van der Waals surface area contributed by atoms with Crippen molar-refractivity contribution in [1.82, 2.24) is 9.55 Å². The number of benzene rings is 1. The van der Waals surface area contributed by atoms with Gasteiger partial charge in [0.25, 0.3) is 0 Å². The van der Waals surface area contributed by atoms with Gasteiger partial charge in [0.05, 0.1) is 11.9 Å². The minimum Gasteiger partial charge on any atom is -0.760 e. The molecule has 2 aromatic rings. The Morgan fingerprint density at radius 2 is 1.88 bits per heavy atom. The zero-order valence-electron chi connectivity index (χ0n) is 9.66. The van der Waals surface area contributed by atoms with Crippen molar-refractivity contribution in [3.63, 3.8) is 0 Å². The van der Waals surface area contributed by atoms with Gasteiger partial charge in [-0.25, -0.2) is 4.98 Å². The number of hydrogen-bond donors (Lipinski definition) is 1. The van der Waals surface area contributed by atoms with Gasteiger partial charge in [0.15, 0.2) is 0 Å². The molecule has 0 fully saturated rings. The smallest absolute Gasteiger partial charge is 0.105 e. The molecule has 0 saturated heterocycles. The molecule has 1 atom stereocenters. The van der Waals surface area contributed by atoms with Crippen molar-refractivity contribution in [2.45, 2.75) is 6.92 Å². The Hall–Kier alpha value is -1.50. The van der Waals surface area contributed by atoms with E-state index in [9.17, 15) is 0 Å². The standard InChI is InChI=1S/C11H12N2.H3NO2S/c1-9-12-8-11(13(9)2)10-6-4-3-5-7-10;1-4(2)3/h3-8H,1-2H3;1H2,(H,2,3)/p-1. The van der Waals surface area contributed by atoms with E-state index < -0.39 is 11.3 Å². The Labute approximate surface area is 103 Å². The summed E-state index contributed by atoms with van der Waals surface area (Å²) in [5.74, 6) is 1.04. The summed E-state index contributed by atoms with van der Waals surface area (Å²) in [5, 5.41) is 4.03. The van der Waals surface area contributed by atoms with Crippen LogP contribution in [-0.4, -0.2) is 18.3 Å². The van der Waals surface area contributed by atoms with Crippen molar-refractivity contribution in [1.29, 1.82) is 0 Å². The highest BCUT2D eigenvalue weighted by atomic mass is 32.2. The van der Waals surface area contributed by atoms with E-state index in [1.54, 1.807) is 0 Å². The third-order valence-corrected chi connectivity index (χ3v) is 2.29. The van der Waals surface area contributed by atoms with Crippen LogP contribution >= 0.6 is 0 Å². The quantitative estimate of drug-likeness (QED) is 0.772. The van der Waals surface area contributed by atoms with E-state index >= 15 is 0 Å². The third kappa shape index (κ3) is 4.10. The largest absolute Gasteiger partial charge is 0.760 e. The first-order valence-corrected chi connectivity index (χ1v) is 6.03. The zero-order valence-corrected chi connectivity index (χ0v) is 10.5. The Morgan fingerprint density at radius 1 is 1.35 bits per heavy atom. The maximum atomic E-state index is 8.78. The predicted octanol–water partition coefficient (Wildman–Crippen LogP) is 1.13. The summed E-state index contributed by atoms with van der Waals surface area (Å²) in [6, 6.07) is 10.3. The first-order chi connectivity index (χ1) is 8.02. The molecule has 0 aliphatic heterocycles. The lowest BCUT2D eigenvalue weighted by Crippen LogP contribution is -1.97. The van der Waals surface area contributed by atoms with Crippen molar-refractivity contribution in [3.8, 4) is 11.3 Å². The number of nitrogens with zero attached hydrogens (tertiary/aromatic N) is 2. The molecule has 17 heavy (non-hydrogen) atoms. The highest BCUT2D eigenvalue weighted by Gasteiger charge is 2.03. The van der Waals surface area contributed by atoms with Crippen molar-refractivity contribution in [3.05, 3.63) is 42.4 Å². The van der Waals surface area contributed by atoms with Crippen LogP contribution in [-0.2, 0) is 18.3 Å². The van der Waals surface area contributed by atoms with Gasteiger partial charge in [0, 0.05) is 18.3 Å². The molecule has 0 saturated carbocycles. The normalized spacial score (nSPS) is 11.5. The van der Waals surface area contributed by atoms with Crippen molar-refractivity contribution in [2.24, 2.45) is 12.2 Å². The highest BCUT2D eigenvalue weighted by Crippen LogP contribution is 2.18. The second-order valence-electron chi connectivity index (χ2n) is 3.38. The zero-order chi connectivity index (χ0) is 12.8. The first kappa shape index (κ1) is 13.6. The average Bonchev–Trinajstić information content (AvgIpc) is 2.60. The molecule has 1 unspecified atom stereocenters. The lowest BCUT2D eigenvalue weighted by Gasteiger charge is -2.02. The van der Waals surface area contributed by atoms with Gasteiger partial charge in [0.2, 0.25) is 0 Å². The van der Waals surface area contributed by atoms with Gasteiger partial charge in [-0.15, -0.1) is 0 Å². The third-order valence-electron chi connectivity index (χ3n) is 2.29. The summed E-state index contributed by atoms with van der Waals surface area (Å²) in [7, 11) is 2.03. The van der Waals surface area contributed by atoms with E-state index in [0.29, 0.717) is 0 Å². The van der Waals surface area contributed by atoms with Gasteiger partial charge in [-0.2, -0.15) is 0 Å². The Morgan fingerprint density at radius 3 is 2.29 bits per heavy atom. The second kappa shape index (κ2) is 6.29. The van der Waals surface area contributed by atoms with Crippen LogP contribution in [0.2, 0.25) is 0 Å². The SMILES string of the molecule is Cc1ncc(-c2ccccc2)n1C.NS(=O)[O-]. The summed E-state index contributed by atoms with van der Waals surface area (Å²) in [5.41, 5.74) is 2.38. The van der Waals surface area contributed by atoms with Crippen LogP contribution < -0.4 is 5.14 Å². The second-order valence-corrected chi connectivity index (χ2v) is 3.90. The van der Waals surface area contributed by atoms with Crippen LogP contribution in [0.3, 0.4) is 0 Å². The fraction of sp³-hybridized carbons (Fsp3) is 0.182. The van der Waals surface area contributed by atoms with Gasteiger partial charge in [-0.05, 0) is 12.5 Å². The minimum atomic E-state index is -2.36. The molecule has 1 aromatic carbocycles.